The number of carbonyl (C=O) groups excluding carboxylic acids is 1. The lowest BCUT2D eigenvalue weighted by Gasteiger charge is -1.98. The molecule has 0 saturated carbocycles. The molecule has 0 bridgehead atoms. The van der Waals surface area contributed by atoms with Crippen LogP contribution in [0.5, 0.6) is 0 Å². The first-order chi connectivity index (χ1) is 7.67. The summed E-state index contributed by atoms with van der Waals surface area (Å²) in [6, 6.07) is 7.04. The minimum absolute atomic E-state index is 0.185. The van der Waals surface area contributed by atoms with Crippen molar-refractivity contribution in [2.75, 3.05) is 7.11 Å². The Morgan fingerprint density at radius 1 is 1.62 bits per heavy atom. The minimum atomic E-state index is -0.316. The van der Waals surface area contributed by atoms with E-state index < -0.39 is 0 Å². The Bertz CT molecular complexity index is 461. The third-order valence-electron chi connectivity index (χ3n) is 1.95. The number of nitrogens with zero attached hydrogens (tertiary/aromatic N) is 1. The fourth-order valence-electron chi connectivity index (χ4n) is 1.14. The van der Waals surface area contributed by atoms with Gasteiger partial charge in [-0.2, -0.15) is 5.26 Å². The molecule has 0 radical (unpaired) electrons. The summed E-state index contributed by atoms with van der Waals surface area (Å²) in [6.07, 6.45) is 3.53. The number of carbonyl (C=O) groups is 1. The van der Waals surface area contributed by atoms with Crippen molar-refractivity contribution in [3.05, 3.63) is 40.4 Å². The smallest absolute Gasteiger partial charge is 0.309 e. The van der Waals surface area contributed by atoms with E-state index in [-0.39, 0.29) is 12.4 Å². The maximum Gasteiger partial charge on any atom is 0.309 e. The van der Waals surface area contributed by atoms with Crippen LogP contribution in [-0.2, 0) is 9.53 Å². The molecule has 0 aliphatic heterocycles. The summed E-state index contributed by atoms with van der Waals surface area (Å²) >= 11 is 5.75. The van der Waals surface area contributed by atoms with Crippen molar-refractivity contribution >= 4 is 23.6 Å². The van der Waals surface area contributed by atoms with Gasteiger partial charge in [0.05, 0.1) is 25.2 Å². The second-order valence-electron chi connectivity index (χ2n) is 3.03. The van der Waals surface area contributed by atoms with Crippen molar-refractivity contribution < 1.29 is 9.53 Å². The molecular weight excluding hydrogens is 226 g/mol. The number of ether oxygens (including phenoxy) is 1. The summed E-state index contributed by atoms with van der Waals surface area (Å²) in [5.74, 6) is -0.316. The van der Waals surface area contributed by atoms with Crippen LogP contribution in [0, 0.1) is 11.3 Å². The Kier molecular flexibility index (Phi) is 4.56. The van der Waals surface area contributed by atoms with E-state index in [0.717, 1.165) is 5.56 Å². The van der Waals surface area contributed by atoms with E-state index in [1.807, 2.05) is 6.07 Å². The highest BCUT2D eigenvalue weighted by atomic mass is 35.5. The summed E-state index contributed by atoms with van der Waals surface area (Å²) in [5, 5.41) is 9.38. The minimum Gasteiger partial charge on any atom is -0.469 e. The molecule has 4 heteroatoms. The quantitative estimate of drug-likeness (QED) is 0.757. The van der Waals surface area contributed by atoms with Crippen LogP contribution in [0.4, 0.5) is 0 Å². The molecule has 16 heavy (non-hydrogen) atoms. The van der Waals surface area contributed by atoms with Crippen LogP contribution >= 0.6 is 11.6 Å². The number of benzene rings is 1. The normalized spacial score (nSPS) is 10.1. The molecular formula is C12H10ClNO2. The largest absolute Gasteiger partial charge is 0.469 e. The third-order valence-corrected chi connectivity index (χ3v) is 2.18. The van der Waals surface area contributed by atoms with Gasteiger partial charge in [0.15, 0.2) is 0 Å². The summed E-state index contributed by atoms with van der Waals surface area (Å²) in [4.78, 5) is 10.9. The predicted octanol–water partition coefficient (Wildman–Crippen LogP) is 2.79. The Morgan fingerprint density at radius 2 is 2.38 bits per heavy atom. The Hall–Kier alpha value is -1.79. The summed E-state index contributed by atoms with van der Waals surface area (Å²) in [6.45, 7) is 0. The molecule has 0 aromatic heterocycles. The van der Waals surface area contributed by atoms with Gasteiger partial charge in [0, 0.05) is 5.02 Å². The average molecular weight is 236 g/mol. The lowest BCUT2D eigenvalue weighted by atomic mass is 10.1. The highest BCUT2D eigenvalue weighted by Crippen LogP contribution is 2.16. The molecule has 0 aliphatic rings. The van der Waals surface area contributed by atoms with E-state index in [2.05, 4.69) is 4.74 Å². The van der Waals surface area contributed by atoms with Crippen LogP contribution in [0.15, 0.2) is 24.3 Å². The highest BCUT2D eigenvalue weighted by molar-refractivity contribution is 6.30. The number of methoxy groups -OCH3 is 1. The Labute approximate surface area is 98.9 Å². The molecule has 0 fully saturated rings. The third kappa shape index (κ3) is 3.41. The molecule has 3 nitrogen and oxygen atoms in total. The number of esters is 1. The standard InChI is InChI=1S/C12H10ClNO2/c1-16-12(15)4-2-3-9-5-6-11(13)7-10(9)8-14/h2-3,5-7H,4H2,1H3. The molecule has 0 aliphatic carbocycles. The van der Waals surface area contributed by atoms with Gasteiger partial charge in [-0.1, -0.05) is 29.8 Å². The highest BCUT2D eigenvalue weighted by Gasteiger charge is 2.00. The Morgan fingerprint density at radius 3 is 3.00 bits per heavy atom. The molecule has 0 unspecified atom stereocenters. The fourth-order valence-corrected chi connectivity index (χ4v) is 1.31. The van der Waals surface area contributed by atoms with E-state index in [4.69, 9.17) is 16.9 Å². The maximum absolute atomic E-state index is 10.9. The number of hydrogen-bond acceptors (Lipinski definition) is 3. The van der Waals surface area contributed by atoms with Gasteiger partial charge in [0.2, 0.25) is 0 Å². The van der Waals surface area contributed by atoms with Gasteiger partial charge in [-0.3, -0.25) is 4.79 Å². The zero-order valence-electron chi connectivity index (χ0n) is 8.74. The number of halogens is 1. The number of rotatable bonds is 3. The van der Waals surface area contributed by atoms with Gasteiger partial charge < -0.3 is 4.74 Å². The summed E-state index contributed by atoms with van der Waals surface area (Å²) < 4.78 is 4.49. The predicted molar refractivity (Wildman–Crippen MR) is 61.8 cm³/mol. The first kappa shape index (κ1) is 12.3. The Balaban J connectivity index is 2.82. The molecule has 1 aromatic carbocycles. The molecule has 0 spiro atoms. The lowest BCUT2D eigenvalue weighted by Crippen LogP contribution is -1.96. The topological polar surface area (TPSA) is 50.1 Å². The van der Waals surface area contributed by atoms with E-state index in [9.17, 15) is 4.79 Å². The zero-order valence-corrected chi connectivity index (χ0v) is 9.49. The van der Waals surface area contributed by atoms with Gasteiger partial charge >= 0.3 is 5.97 Å². The van der Waals surface area contributed by atoms with Crippen molar-refractivity contribution in [1.82, 2.24) is 0 Å². The number of nitriles is 1. The van der Waals surface area contributed by atoms with Crippen LogP contribution in [0.3, 0.4) is 0 Å². The van der Waals surface area contributed by atoms with E-state index in [1.165, 1.54) is 7.11 Å². The molecule has 0 atom stereocenters. The second-order valence-corrected chi connectivity index (χ2v) is 3.46. The fraction of sp³-hybridized carbons (Fsp3) is 0.167. The van der Waals surface area contributed by atoms with Crippen LogP contribution in [0.25, 0.3) is 6.08 Å². The van der Waals surface area contributed by atoms with Gasteiger partial charge in [0.1, 0.15) is 0 Å². The molecule has 0 saturated heterocycles. The van der Waals surface area contributed by atoms with Crippen molar-refractivity contribution in [1.29, 1.82) is 5.26 Å². The van der Waals surface area contributed by atoms with Gasteiger partial charge in [-0.05, 0) is 17.7 Å². The second kappa shape index (κ2) is 5.94. The van der Waals surface area contributed by atoms with Crippen molar-refractivity contribution in [2.45, 2.75) is 6.42 Å². The first-order valence-corrected chi connectivity index (χ1v) is 4.98. The molecule has 0 amide bonds. The van der Waals surface area contributed by atoms with Crippen LogP contribution in [-0.4, -0.2) is 13.1 Å². The molecule has 82 valence electrons. The van der Waals surface area contributed by atoms with Crippen LogP contribution in [0.2, 0.25) is 5.02 Å². The maximum atomic E-state index is 10.9. The van der Waals surface area contributed by atoms with Gasteiger partial charge in [-0.25, -0.2) is 0 Å². The molecule has 1 aromatic rings. The number of hydrogen-bond donors (Lipinski definition) is 0. The average Bonchev–Trinajstić information content (AvgIpc) is 2.30. The van der Waals surface area contributed by atoms with E-state index >= 15 is 0 Å². The van der Waals surface area contributed by atoms with Crippen LogP contribution < -0.4 is 0 Å². The lowest BCUT2D eigenvalue weighted by molar-refractivity contribution is -0.139. The monoisotopic (exact) mass is 235 g/mol. The van der Waals surface area contributed by atoms with Crippen molar-refractivity contribution in [2.24, 2.45) is 0 Å². The van der Waals surface area contributed by atoms with E-state index in [0.29, 0.717) is 10.6 Å². The summed E-state index contributed by atoms with van der Waals surface area (Å²) in [5.41, 5.74) is 1.21. The van der Waals surface area contributed by atoms with E-state index in [1.54, 1.807) is 30.4 Å². The van der Waals surface area contributed by atoms with Gasteiger partial charge in [0.25, 0.3) is 0 Å². The SMILES string of the molecule is COC(=O)CC=Cc1ccc(Cl)cc1C#N. The van der Waals surface area contributed by atoms with Crippen molar-refractivity contribution in [3.8, 4) is 6.07 Å². The zero-order chi connectivity index (χ0) is 12.0. The summed E-state index contributed by atoms with van der Waals surface area (Å²) in [7, 11) is 1.33. The first-order valence-electron chi connectivity index (χ1n) is 4.60. The molecule has 1 rings (SSSR count). The van der Waals surface area contributed by atoms with Crippen molar-refractivity contribution in [3.63, 3.8) is 0 Å². The van der Waals surface area contributed by atoms with Gasteiger partial charge in [-0.15, -0.1) is 0 Å². The molecule has 0 N–H and O–H groups in total. The van der Waals surface area contributed by atoms with Crippen LogP contribution in [0.1, 0.15) is 17.5 Å². The molecule has 0 heterocycles.